The van der Waals surface area contributed by atoms with Gasteiger partial charge in [-0.05, 0) is 12.8 Å². The first-order chi connectivity index (χ1) is 39.4. The van der Waals surface area contributed by atoms with Crippen LogP contribution in [0.3, 0.4) is 0 Å². The third-order valence-electron chi connectivity index (χ3n) is 19.0. The SMILES string of the molecule is C=CCCCCCCCCCCCCCCCCCCCCCCCCCCCCCCCCCCCCCCCCCCCCCCCCCCCCCCCCCCCCCCCCCCCCCCCCCCCCC. The van der Waals surface area contributed by atoms with Gasteiger partial charge in [0, 0.05) is 0 Å². The van der Waals surface area contributed by atoms with Crippen molar-refractivity contribution >= 4 is 0 Å². The molecule has 474 valence electrons. The smallest absolute Gasteiger partial charge is 0.0353 e. The van der Waals surface area contributed by atoms with Crippen molar-refractivity contribution in [1.29, 1.82) is 0 Å². The standard InChI is InChI=1S/C79H158/c1-3-5-7-9-11-13-15-17-19-21-23-25-27-29-31-33-35-37-39-41-43-45-47-49-51-53-55-57-59-61-63-65-67-69-71-73-75-77-79-78-76-74-72-70-68-66-64-62-60-58-56-54-52-50-48-46-44-42-40-38-36-34-32-30-28-26-24-22-20-18-16-14-12-10-8-6-4-2/h3H,1,4-79H2,2H3. The molecule has 79 heavy (non-hydrogen) atoms. The summed E-state index contributed by atoms with van der Waals surface area (Å²) < 4.78 is 0. The minimum absolute atomic E-state index is 1.21. The number of rotatable bonds is 76. The average Bonchev–Trinajstić information content (AvgIpc) is 3.46. The van der Waals surface area contributed by atoms with E-state index in [-0.39, 0.29) is 0 Å². The van der Waals surface area contributed by atoms with Crippen LogP contribution in [0.25, 0.3) is 0 Å². The number of allylic oxidation sites excluding steroid dienone is 1. The monoisotopic (exact) mass is 1110 g/mol. The summed E-state index contributed by atoms with van der Waals surface area (Å²) in [6.45, 7) is 6.14. The first-order valence-corrected chi connectivity index (χ1v) is 39.0. The van der Waals surface area contributed by atoms with E-state index >= 15 is 0 Å². The topological polar surface area (TPSA) is 0 Å². The molecule has 0 aliphatic carbocycles. The highest BCUT2D eigenvalue weighted by atomic mass is 14.1. The molecule has 0 heteroatoms. The molecule has 0 saturated carbocycles. The van der Waals surface area contributed by atoms with Crippen LogP contribution in [-0.2, 0) is 0 Å². The summed E-state index contributed by atoms with van der Waals surface area (Å²) in [5, 5.41) is 0. The molecule has 0 bridgehead atoms. The third-order valence-corrected chi connectivity index (χ3v) is 19.0. The Morgan fingerprint density at radius 1 is 0.127 bits per heavy atom. The Morgan fingerprint density at radius 2 is 0.203 bits per heavy atom. The highest BCUT2D eigenvalue weighted by Gasteiger charge is 2.02. The molecule has 0 unspecified atom stereocenters. The van der Waals surface area contributed by atoms with Crippen LogP contribution >= 0.6 is 0 Å². The van der Waals surface area contributed by atoms with Crippen molar-refractivity contribution in [2.45, 2.75) is 495 Å². The van der Waals surface area contributed by atoms with Crippen LogP contribution in [0.15, 0.2) is 12.7 Å². The van der Waals surface area contributed by atoms with Crippen LogP contribution in [-0.4, -0.2) is 0 Å². The van der Waals surface area contributed by atoms with Crippen molar-refractivity contribution < 1.29 is 0 Å². The highest BCUT2D eigenvalue weighted by molar-refractivity contribution is 4.65. The lowest BCUT2D eigenvalue weighted by atomic mass is 10.0. The normalized spacial score (nSPS) is 11.7. The molecule has 0 saturated heterocycles. The Hall–Kier alpha value is -0.260. The summed E-state index contributed by atoms with van der Waals surface area (Å²) in [6, 6.07) is 0. The molecule has 0 aromatic carbocycles. The van der Waals surface area contributed by atoms with Crippen molar-refractivity contribution in [2.75, 3.05) is 0 Å². The zero-order chi connectivity index (χ0) is 56.4. The van der Waals surface area contributed by atoms with Gasteiger partial charge in [0.15, 0.2) is 0 Å². The zero-order valence-corrected chi connectivity index (χ0v) is 56.0. The molecule has 0 rings (SSSR count). The Morgan fingerprint density at radius 3 is 0.278 bits per heavy atom. The van der Waals surface area contributed by atoms with Gasteiger partial charge in [-0.3, -0.25) is 0 Å². The quantitative estimate of drug-likeness (QED) is 0.0421. The van der Waals surface area contributed by atoms with E-state index in [9.17, 15) is 0 Å². The number of unbranched alkanes of at least 4 members (excludes halogenated alkanes) is 75. The predicted molar refractivity (Wildman–Crippen MR) is 367 cm³/mol. The van der Waals surface area contributed by atoms with Crippen molar-refractivity contribution in [3.8, 4) is 0 Å². The Balaban J connectivity index is 3.08. The summed E-state index contributed by atoms with van der Waals surface area (Å²) in [6.07, 6.45) is 115. The van der Waals surface area contributed by atoms with Crippen LogP contribution in [0.1, 0.15) is 495 Å². The number of hydrogen-bond acceptors (Lipinski definition) is 0. The van der Waals surface area contributed by atoms with Gasteiger partial charge in [0.1, 0.15) is 0 Å². The lowest BCUT2D eigenvalue weighted by molar-refractivity contribution is 0.506. The molecule has 0 aromatic rings. The first-order valence-electron chi connectivity index (χ1n) is 39.0. The molecular weight excluding hydrogens is 949 g/mol. The third kappa shape index (κ3) is 77.7. The van der Waals surface area contributed by atoms with E-state index in [1.807, 2.05) is 0 Å². The van der Waals surface area contributed by atoms with Gasteiger partial charge in [0.05, 0.1) is 0 Å². The fraction of sp³-hybridized carbons (Fsp3) is 0.975. The van der Waals surface area contributed by atoms with Gasteiger partial charge in [-0.25, -0.2) is 0 Å². The van der Waals surface area contributed by atoms with Crippen LogP contribution in [0.2, 0.25) is 0 Å². The van der Waals surface area contributed by atoms with Crippen molar-refractivity contribution in [2.24, 2.45) is 0 Å². The van der Waals surface area contributed by atoms with Gasteiger partial charge in [0.2, 0.25) is 0 Å². The Labute approximate surface area is 505 Å². The molecule has 0 aliphatic rings. The minimum Gasteiger partial charge on any atom is -0.103 e. The molecule has 0 fully saturated rings. The molecule has 0 nitrogen and oxygen atoms in total. The zero-order valence-electron chi connectivity index (χ0n) is 56.0. The summed E-state index contributed by atoms with van der Waals surface area (Å²) in [4.78, 5) is 0. The van der Waals surface area contributed by atoms with Crippen LogP contribution in [0.5, 0.6) is 0 Å². The number of hydrogen-bond donors (Lipinski definition) is 0. The molecule has 0 aliphatic heterocycles. The summed E-state index contributed by atoms with van der Waals surface area (Å²) in [5.74, 6) is 0. The van der Waals surface area contributed by atoms with E-state index in [2.05, 4.69) is 19.6 Å². The molecule has 0 aromatic heterocycles. The van der Waals surface area contributed by atoms with Gasteiger partial charge in [-0.2, -0.15) is 0 Å². The molecular formula is C79H158. The van der Waals surface area contributed by atoms with Crippen LogP contribution < -0.4 is 0 Å². The van der Waals surface area contributed by atoms with E-state index in [4.69, 9.17) is 0 Å². The maximum absolute atomic E-state index is 3.82. The van der Waals surface area contributed by atoms with E-state index in [1.165, 1.54) is 488 Å². The van der Waals surface area contributed by atoms with E-state index in [0.29, 0.717) is 0 Å². The fourth-order valence-electron chi connectivity index (χ4n) is 13.3. The fourth-order valence-corrected chi connectivity index (χ4v) is 13.3. The van der Waals surface area contributed by atoms with Crippen LogP contribution in [0.4, 0.5) is 0 Å². The maximum atomic E-state index is 3.82. The van der Waals surface area contributed by atoms with Gasteiger partial charge >= 0.3 is 0 Å². The summed E-state index contributed by atoms with van der Waals surface area (Å²) in [7, 11) is 0. The molecule has 0 amide bonds. The first kappa shape index (κ1) is 78.7. The second kappa shape index (κ2) is 77.7. The molecule has 0 radical (unpaired) electrons. The molecule has 0 N–H and O–H groups in total. The Bertz CT molecular complexity index is 994. The molecule has 0 heterocycles. The van der Waals surface area contributed by atoms with Gasteiger partial charge in [0.25, 0.3) is 0 Å². The van der Waals surface area contributed by atoms with Gasteiger partial charge in [-0.1, -0.05) is 488 Å². The second-order valence-electron chi connectivity index (χ2n) is 27.2. The minimum atomic E-state index is 1.21. The maximum Gasteiger partial charge on any atom is -0.0353 e. The molecule has 0 spiro atoms. The van der Waals surface area contributed by atoms with Gasteiger partial charge < -0.3 is 0 Å². The Kier molecular flexibility index (Phi) is 77.5. The van der Waals surface area contributed by atoms with Crippen LogP contribution in [0, 0.1) is 0 Å². The van der Waals surface area contributed by atoms with Crippen molar-refractivity contribution in [1.82, 2.24) is 0 Å². The van der Waals surface area contributed by atoms with Crippen molar-refractivity contribution in [3.63, 3.8) is 0 Å². The largest absolute Gasteiger partial charge is 0.103 e. The lowest BCUT2D eigenvalue weighted by Crippen LogP contribution is -1.85. The summed E-state index contributed by atoms with van der Waals surface area (Å²) in [5.41, 5.74) is 0. The van der Waals surface area contributed by atoms with E-state index in [1.54, 1.807) is 0 Å². The average molecular weight is 1110 g/mol. The second-order valence-corrected chi connectivity index (χ2v) is 27.2. The van der Waals surface area contributed by atoms with E-state index < -0.39 is 0 Å². The predicted octanol–water partition coefficient (Wildman–Crippen LogP) is 30.8. The summed E-state index contributed by atoms with van der Waals surface area (Å²) >= 11 is 0. The van der Waals surface area contributed by atoms with Gasteiger partial charge in [-0.15, -0.1) is 6.58 Å². The lowest BCUT2D eigenvalue weighted by Gasteiger charge is -2.05. The van der Waals surface area contributed by atoms with Crippen molar-refractivity contribution in [3.05, 3.63) is 12.7 Å². The molecule has 0 atom stereocenters. The van der Waals surface area contributed by atoms with E-state index in [0.717, 1.165) is 0 Å². The highest BCUT2D eigenvalue weighted by Crippen LogP contribution is 2.21.